The average molecular weight is 210 g/mol. The van der Waals surface area contributed by atoms with Crippen molar-refractivity contribution in [3.05, 3.63) is 24.3 Å². The van der Waals surface area contributed by atoms with Crippen molar-refractivity contribution in [3.8, 4) is 0 Å². The molecule has 1 aliphatic carbocycles. The average Bonchev–Trinajstić information content (AvgIpc) is 2.19. The predicted octanol–water partition coefficient (Wildman–Crippen LogP) is 1.82. The summed E-state index contributed by atoms with van der Waals surface area (Å²) in [6.07, 6.45) is 7.90. The molecule has 1 rings (SSSR count). The summed E-state index contributed by atoms with van der Waals surface area (Å²) in [7, 11) is 0. The van der Waals surface area contributed by atoms with Crippen LogP contribution < -0.4 is 0 Å². The molecule has 3 heteroatoms. The van der Waals surface area contributed by atoms with Gasteiger partial charge in [-0.05, 0) is 30.9 Å². The zero-order chi connectivity index (χ0) is 11.3. The van der Waals surface area contributed by atoms with Gasteiger partial charge in [0.2, 0.25) is 0 Å². The van der Waals surface area contributed by atoms with Gasteiger partial charge in [-0.2, -0.15) is 0 Å². The standard InChI is InChI=1S/C12H18O3/c1-10(2)6-8-12(14)7-4-3-5-11(12)15-9-13/h3-5,7,9-11,14H,6,8H2,1-2H3. The Bertz CT molecular complexity index is 268. The van der Waals surface area contributed by atoms with Gasteiger partial charge < -0.3 is 9.84 Å². The Hall–Kier alpha value is -1.09. The Morgan fingerprint density at radius 2 is 2.27 bits per heavy atom. The summed E-state index contributed by atoms with van der Waals surface area (Å²) < 4.78 is 4.86. The SMILES string of the molecule is CC(C)CCC1(O)C=CC=CC1OC=O. The van der Waals surface area contributed by atoms with E-state index in [4.69, 9.17) is 4.74 Å². The second kappa shape index (κ2) is 5.12. The topological polar surface area (TPSA) is 46.5 Å². The first kappa shape index (κ1) is 12.0. The molecule has 1 N–H and O–H groups in total. The van der Waals surface area contributed by atoms with E-state index in [2.05, 4.69) is 13.8 Å². The van der Waals surface area contributed by atoms with Crippen LogP contribution in [0.4, 0.5) is 0 Å². The minimum absolute atomic E-state index is 0.383. The van der Waals surface area contributed by atoms with E-state index in [1.54, 1.807) is 24.3 Å². The molecule has 2 unspecified atom stereocenters. The molecule has 0 heterocycles. The first-order chi connectivity index (χ1) is 7.08. The molecule has 0 aromatic carbocycles. The van der Waals surface area contributed by atoms with Crippen LogP contribution in [0.3, 0.4) is 0 Å². The Kier molecular flexibility index (Phi) is 4.09. The van der Waals surface area contributed by atoms with E-state index in [1.807, 2.05) is 0 Å². The molecule has 0 radical (unpaired) electrons. The summed E-state index contributed by atoms with van der Waals surface area (Å²) in [6.45, 7) is 4.58. The normalized spacial score (nSPS) is 29.5. The molecule has 0 amide bonds. The first-order valence-electron chi connectivity index (χ1n) is 5.26. The lowest BCUT2D eigenvalue weighted by atomic mass is 9.85. The van der Waals surface area contributed by atoms with E-state index < -0.39 is 11.7 Å². The highest BCUT2D eigenvalue weighted by Crippen LogP contribution is 2.27. The van der Waals surface area contributed by atoms with Gasteiger partial charge in [0.25, 0.3) is 6.47 Å². The summed E-state index contributed by atoms with van der Waals surface area (Å²) in [4.78, 5) is 10.3. The second-order valence-electron chi connectivity index (χ2n) is 4.32. The van der Waals surface area contributed by atoms with Crippen LogP contribution in [0.25, 0.3) is 0 Å². The largest absolute Gasteiger partial charge is 0.457 e. The number of allylic oxidation sites excluding steroid dienone is 2. The summed E-state index contributed by atoms with van der Waals surface area (Å²) in [5, 5.41) is 10.3. The fourth-order valence-electron chi connectivity index (χ4n) is 1.62. The summed E-state index contributed by atoms with van der Waals surface area (Å²) in [5.41, 5.74) is -1.04. The van der Waals surface area contributed by atoms with Crippen LogP contribution in [-0.4, -0.2) is 23.3 Å². The van der Waals surface area contributed by atoms with Crippen molar-refractivity contribution in [2.75, 3.05) is 0 Å². The molecule has 3 nitrogen and oxygen atoms in total. The number of hydrogen-bond donors (Lipinski definition) is 1. The lowest BCUT2D eigenvalue weighted by molar-refractivity contribution is -0.141. The number of ether oxygens (including phenoxy) is 1. The molecule has 0 spiro atoms. The number of rotatable bonds is 5. The van der Waals surface area contributed by atoms with Crippen molar-refractivity contribution in [2.24, 2.45) is 5.92 Å². The van der Waals surface area contributed by atoms with Crippen molar-refractivity contribution in [1.29, 1.82) is 0 Å². The highest BCUT2D eigenvalue weighted by atomic mass is 16.5. The van der Waals surface area contributed by atoms with E-state index in [9.17, 15) is 9.90 Å². The molecular formula is C12H18O3. The van der Waals surface area contributed by atoms with Gasteiger partial charge in [0.1, 0.15) is 5.60 Å². The van der Waals surface area contributed by atoms with Gasteiger partial charge in [-0.1, -0.05) is 26.0 Å². The van der Waals surface area contributed by atoms with E-state index in [-0.39, 0.29) is 0 Å². The Labute approximate surface area is 90.4 Å². The fraction of sp³-hybridized carbons (Fsp3) is 0.583. The fourth-order valence-corrected chi connectivity index (χ4v) is 1.62. The molecule has 1 aliphatic rings. The van der Waals surface area contributed by atoms with Gasteiger partial charge in [-0.25, -0.2) is 0 Å². The van der Waals surface area contributed by atoms with Gasteiger partial charge in [0.15, 0.2) is 6.10 Å². The lowest BCUT2D eigenvalue weighted by Crippen LogP contribution is -2.42. The van der Waals surface area contributed by atoms with Gasteiger partial charge >= 0.3 is 0 Å². The van der Waals surface area contributed by atoms with Gasteiger partial charge in [-0.3, -0.25) is 4.79 Å². The molecule has 0 bridgehead atoms. The van der Waals surface area contributed by atoms with Crippen molar-refractivity contribution in [1.82, 2.24) is 0 Å². The smallest absolute Gasteiger partial charge is 0.293 e. The Morgan fingerprint density at radius 1 is 1.53 bits per heavy atom. The van der Waals surface area contributed by atoms with Crippen LogP contribution in [-0.2, 0) is 9.53 Å². The maximum absolute atomic E-state index is 10.3. The van der Waals surface area contributed by atoms with Crippen molar-refractivity contribution >= 4 is 6.47 Å². The van der Waals surface area contributed by atoms with E-state index >= 15 is 0 Å². The van der Waals surface area contributed by atoms with Crippen molar-refractivity contribution in [2.45, 2.75) is 38.4 Å². The van der Waals surface area contributed by atoms with Crippen LogP contribution in [0.5, 0.6) is 0 Å². The molecule has 15 heavy (non-hydrogen) atoms. The van der Waals surface area contributed by atoms with E-state index in [1.165, 1.54) is 0 Å². The van der Waals surface area contributed by atoms with Crippen LogP contribution in [0, 0.1) is 5.92 Å². The Balaban J connectivity index is 2.65. The van der Waals surface area contributed by atoms with E-state index in [0.717, 1.165) is 6.42 Å². The molecule has 0 aromatic rings. The lowest BCUT2D eigenvalue weighted by Gasteiger charge is -2.32. The van der Waals surface area contributed by atoms with Gasteiger partial charge in [0.05, 0.1) is 0 Å². The van der Waals surface area contributed by atoms with Crippen LogP contribution >= 0.6 is 0 Å². The zero-order valence-electron chi connectivity index (χ0n) is 9.22. The van der Waals surface area contributed by atoms with Crippen LogP contribution in [0.2, 0.25) is 0 Å². The molecule has 84 valence electrons. The summed E-state index contributed by atoms with van der Waals surface area (Å²) >= 11 is 0. The quantitative estimate of drug-likeness (QED) is 0.704. The van der Waals surface area contributed by atoms with Gasteiger partial charge in [-0.15, -0.1) is 0 Å². The molecule has 0 saturated heterocycles. The molecular weight excluding hydrogens is 192 g/mol. The second-order valence-corrected chi connectivity index (χ2v) is 4.32. The number of carbonyl (C=O) groups excluding carboxylic acids is 1. The molecule has 2 atom stereocenters. The monoisotopic (exact) mass is 210 g/mol. The third-order valence-electron chi connectivity index (χ3n) is 2.60. The summed E-state index contributed by atoms with van der Waals surface area (Å²) in [5.74, 6) is 0.519. The highest BCUT2D eigenvalue weighted by Gasteiger charge is 2.35. The maximum Gasteiger partial charge on any atom is 0.293 e. The van der Waals surface area contributed by atoms with Crippen molar-refractivity contribution < 1.29 is 14.6 Å². The van der Waals surface area contributed by atoms with E-state index in [0.29, 0.717) is 18.8 Å². The van der Waals surface area contributed by atoms with Crippen LogP contribution in [0.15, 0.2) is 24.3 Å². The van der Waals surface area contributed by atoms with Gasteiger partial charge in [0, 0.05) is 0 Å². The molecule has 0 saturated carbocycles. The van der Waals surface area contributed by atoms with Crippen LogP contribution in [0.1, 0.15) is 26.7 Å². The first-order valence-corrected chi connectivity index (χ1v) is 5.26. The highest BCUT2D eigenvalue weighted by molar-refractivity contribution is 5.40. The maximum atomic E-state index is 10.3. The number of aliphatic hydroxyl groups is 1. The predicted molar refractivity (Wildman–Crippen MR) is 58.2 cm³/mol. The molecule has 0 aromatic heterocycles. The minimum Gasteiger partial charge on any atom is -0.457 e. The molecule has 0 aliphatic heterocycles. The third kappa shape index (κ3) is 3.20. The third-order valence-corrected chi connectivity index (χ3v) is 2.60. The zero-order valence-corrected chi connectivity index (χ0v) is 9.22. The number of hydrogen-bond acceptors (Lipinski definition) is 3. The number of carbonyl (C=O) groups is 1. The Morgan fingerprint density at radius 3 is 2.87 bits per heavy atom. The summed E-state index contributed by atoms with van der Waals surface area (Å²) in [6, 6.07) is 0. The van der Waals surface area contributed by atoms with Crippen molar-refractivity contribution in [3.63, 3.8) is 0 Å². The molecule has 0 fully saturated rings. The minimum atomic E-state index is -1.04.